The van der Waals surface area contributed by atoms with Gasteiger partial charge in [-0.25, -0.2) is 4.68 Å². The minimum atomic E-state index is -0.511. The van der Waals surface area contributed by atoms with Crippen molar-refractivity contribution in [2.45, 2.75) is 39.8 Å². The molecular weight excluding hydrogens is 192 g/mol. The van der Waals surface area contributed by atoms with E-state index in [4.69, 9.17) is 0 Å². The first kappa shape index (κ1) is 11.9. The van der Waals surface area contributed by atoms with E-state index >= 15 is 0 Å². The average molecular weight is 210 g/mol. The van der Waals surface area contributed by atoms with E-state index < -0.39 is 6.10 Å². The standard InChI is InChI=1S/C11H18N2O2/c1-4-9(3)10(14)7-13-11(15)5-8(2)6-12-13/h5-6,9-10,14H,4,7H2,1-3H3. The van der Waals surface area contributed by atoms with Crippen LogP contribution < -0.4 is 5.56 Å². The third kappa shape index (κ3) is 3.16. The van der Waals surface area contributed by atoms with Gasteiger partial charge >= 0.3 is 0 Å². The summed E-state index contributed by atoms with van der Waals surface area (Å²) in [5.74, 6) is 0.181. The third-order valence-electron chi connectivity index (χ3n) is 2.67. The summed E-state index contributed by atoms with van der Waals surface area (Å²) in [7, 11) is 0. The molecule has 4 nitrogen and oxygen atoms in total. The van der Waals surface area contributed by atoms with Crippen molar-refractivity contribution in [2.75, 3.05) is 0 Å². The van der Waals surface area contributed by atoms with Crippen LogP contribution in [0.3, 0.4) is 0 Å². The van der Waals surface area contributed by atoms with Gasteiger partial charge < -0.3 is 5.11 Å². The molecule has 0 bridgehead atoms. The second-order valence-electron chi connectivity index (χ2n) is 4.01. The minimum absolute atomic E-state index is 0.155. The van der Waals surface area contributed by atoms with Crippen LogP contribution in [-0.2, 0) is 6.54 Å². The van der Waals surface area contributed by atoms with E-state index in [1.54, 1.807) is 6.20 Å². The molecule has 0 aliphatic rings. The van der Waals surface area contributed by atoms with E-state index in [1.165, 1.54) is 10.7 Å². The predicted molar refractivity (Wildman–Crippen MR) is 58.7 cm³/mol. The molecule has 1 rings (SSSR count). The second-order valence-corrected chi connectivity index (χ2v) is 4.01. The number of rotatable bonds is 4. The zero-order valence-electron chi connectivity index (χ0n) is 9.47. The first-order valence-corrected chi connectivity index (χ1v) is 5.26. The fourth-order valence-corrected chi connectivity index (χ4v) is 1.29. The van der Waals surface area contributed by atoms with Crippen molar-refractivity contribution in [1.29, 1.82) is 0 Å². The van der Waals surface area contributed by atoms with E-state index in [0.717, 1.165) is 12.0 Å². The molecular formula is C11H18N2O2. The molecule has 0 fully saturated rings. The lowest BCUT2D eigenvalue weighted by molar-refractivity contribution is 0.0912. The van der Waals surface area contributed by atoms with Gasteiger partial charge in [0.2, 0.25) is 0 Å². The van der Waals surface area contributed by atoms with Gasteiger partial charge in [0, 0.05) is 6.07 Å². The molecule has 15 heavy (non-hydrogen) atoms. The molecule has 0 saturated heterocycles. The largest absolute Gasteiger partial charge is 0.391 e. The maximum atomic E-state index is 11.5. The normalized spacial score (nSPS) is 14.9. The molecule has 2 atom stereocenters. The Kier molecular flexibility index (Phi) is 4.03. The van der Waals surface area contributed by atoms with Gasteiger partial charge in [-0.05, 0) is 18.4 Å². The molecule has 0 amide bonds. The Labute approximate surface area is 89.6 Å². The predicted octanol–water partition coefficient (Wildman–Crippen LogP) is 0.959. The van der Waals surface area contributed by atoms with Crippen LogP contribution in [-0.4, -0.2) is 21.0 Å². The molecule has 0 aliphatic carbocycles. The van der Waals surface area contributed by atoms with Crippen molar-refractivity contribution in [3.05, 3.63) is 28.2 Å². The highest BCUT2D eigenvalue weighted by Gasteiger charge is 2.13. The van der Waals surface area contributed by atoms with Crippen molar-refractivity contribution < 1.29 is 5.11 Å². The maximum Gasteiger partial charge on any atom is 0.267 e. The Morgan fingerprint density at radius 2 is 2.27 bits per heavy atom. The van der Waals surface area contributed by atoms with Crippen LogP contribution in [0.1, 0.15) is 25.8 Å². The van der Waals surface area contributed by atoms with Crippen LogP contribution in [0.25, 0.3) is 0 Å². The SMILES string of the molecule is CCC(C)C(O)Cn1ncc(C)cc1=O. The first-order chi connectivity index (χ1) is 7.04. The summed E-state index contributed by atoms with van der Waals surface area (Å²) >= 11 is 0. The molecule has 0 saturated carbocycles. The smallest absolute Gasteiger partial charge is 0.267 e. The summed E-state index contributed by atoms with van der Waals surface area (Å²) in [5, 5.41) is 13.7. The van der Waals surface area contributed by atoms with E-state index in [1.807, 2.05) is 20.8 Å². The van der Waals surface area contributed by atoms with Gasteiger partial charge in [0.1, 0.15) is 0 Å². The Hall–Kier alpha value is -1.16. The summed E-state index contributed by atoms with van der Waals surface area (Å²) in [4.78, 5) is 11.5. The Morgan fingerprint density at radius 3 is 2.80 bits per heavy atom. The molecule has 4 heteroatoms. The lowest BCUT2D eigenvalue weighted by atomic mass is 10.0. The van der Waals surface area contributed by atoms with E-state index in [0.29, 0.717) is 0 Å². The zero-order chi connectivity index (χ0) is 11.4. The van der Waals surface area contributed by atoms with Gasteiger partial charge in [-0.3, -0.25) is 4.79 Å². The minimum Gasteiger partial charge on any atom is -0.391 e. The first-order valence-electron chi connectivity index (χ1n) is 5.26. The molecule has 2 unspecified atom stereocenters. The van der Waals surface area contributed by atoms with Gasteiger partial charge in [0.15, 0.2) is 0 Å². The van der Waals surface area contributed by atoms with Gasteiger partial charge in [-0.15, -0.1) is 0 Å². The van der Waals surface area contributed by atoms with Crippen molar-refractivity contribution in [2.24, 2.45) is 5.92 Å². The van der Waals surface area contributed by atoms with Crippen LogP contribution in [0.5, 0.6) is 0 Å². The van der Waals surface area contributed by atoms with E-state index in [-0.39, 0.29) is 18.0 Å². The summed E-state index contributed by atoms with van der Waals surface area (Å²) < 4.78 is 1.31. The number of hydrogen-bond donors (Lipinski definition) is 1. The number of nitrogens with zero attached hydrogens (tertiary/aromatic N) is 2. The summed E-state index contributed by atoms with van der Waals surface area (Å²) in [5.41, 5.74) is 0.687. The highest BCUT2D eigenvalue weighted by atomic mass is 16.3. The van der Waals surface area contributed by atoms with Crippen LogP contribution >= 0.6 is 0 Å². The van der Waals surface area contributed by atoms with Gasteiger partial charge in [-0.2, -0.15) is 5.10 Å². The highest BCUT2D eigenvalue weighted by Crippen LogP contribution is 2.08. The molecule has 1 N–H and O–H groups in total. The lowest BCUT2D eigenvalue weighted by Crippen LogP contribution is -2.31. The average Bonchev–Trinajstić information content (AvgIpc) is 2.20. The molecule has 84 valence electrons. The summed E-state index contributed by atoms with van der Waals surface area (Å²) in [6.07, 6.45) is 2.01. The topological polar surface area (TPSA) is 55.1 Å². The highest BCUT2D eigenvalue weighted by molar-refractivity contribution is 5.02. The number of aliphatic hydroxyl groups excluding tert-OH is 1. The molecule has 1 heterocycles. The fraction of sp³-hybridized carbons (Fsp3) is 0.636. The van der Waals surface area contributed by atoms with Crippen molar-refractivity contribution in [1.82, 2.24) is 9.78 Å². The molecule has 0 spiro atoms. The summed E-state index contributed by atoms with van der Waals surface area (Å²) in [6.45, 7) is 6.07. The molecule has 1 aromatic rings. The zero-order valence-corrected chi connectivity index (χ0v) is 9.47. The van der Waals surface area contributed by atoms with Crippen LogP contribution in [0.15, 0.2) is 17.1 Å². The van der Waals surface area contributed by atoms with Gasteiger partial charge in [-0.1, -0.05) is 20.3 Å². The van der Waals surface area contributed by atoms with E-state index in [2.05, 4.69) is 5.10 Å². The van der Waals surface area contributed by atoms with Crippen LogP contribution in [0.4, 0.5) is 0 Å². The third-order valence-corrected chi connectivity index (χ3v) is 2.67. The van der Waals surface area contributed by atoms with Crippen LogP contribution in [0, 0.1) is 12.8 Å². The second kappa shape index (κ2) is 5.07. The van der Waals surface area contributed by atoms with Crippen molar-refractivity contribution in [3.8, 4) is 0 Å². The van der Waals surface area contributed by atoms with E-state index in [9.17, 15) is 9.90 Å². The number of aromatic nitrogens is 2. The fourth-order valence-electron chi connectivity index (χ4n) is 1.29. The lowest BCUT2D eigenvalue weighted by Gasteiger charge is -2.17. The molecule has 1 aromatic heterocycles. The van der Waals surface area contributed by atoms with Crippen molar-refractivity contribution in [3.63, 3.8) is 0 Å². The quantitative estimate of drug-likeness (QED) is 0.805. The Morgan fingerprint density at radius 1 is 1.60 bits per heavy atom. The number of aryl methyl sites for hydroxylation is 1. The molecule has 0 radical (unpaired) electrons. The summed E-state index contributed by atoms with van der Waals surface area (Å²) in [6, 6.07) is 1.52. The number of hydrogen-bond acceptors (Lipinski definition) is 3. The maximum absolute atomic E-state index is 11.5. The Bertz CT molecular complexity index is 373. The molecule has 0 aromatic carbocycles. The number of aliphatic hydroxyl groups is 1. The van der Waals surface area contributed by atoms with Crippen LogP contribution in [0.2, 0.25) is 0 Å². The molecule has 0 aliphatic heterocycles. The van der Waals surface area contributed by atoms with Gasteiger partial charge in [0.05, 0.1) is 18.8 Å². The van der Waals surface area contributed by atoms with Crippen molar-refractivity contribution >= 4 is 0 Å². The monoisotopic (exact) mass is 210 g/mol. The van der Waals surface area contributed by atoms with Gasteiger partial charge in [0.25, 0.3) is 5.56 Å². The Balaban J connectivity index is 2.77.